The van der Waals surface area contributed by atoms with Gasteiger partial charge in [-0.15, -0.1) is 0 Å². The maximum Gasteiger partial charge on any atom is 0.138 e. The van der Waals surface area contributed by atoms with Gasteiger partial charge in [0.1, 0.15) is 11.3 Å². The molecule has 0 radical (unpaired) electrons. The van der Waals surface area contributed by atoms with Crippen LogP contribution in [-0.4, -0.2) is 9.13 Å². The number of benzene rings is 6. The highest BCUT2D eigenvalue weighted by molar-refractivity contribution is 6.11. The van der Waals surface area contributed by atoms with E-state index in [-0.39, 0.29) is 0 Å². The van der Waals surface area contributed by atoms with Crippen molar-refractivity contribution in [2.24, 2.45) is 0 Å². The number of fused-ring (bicyclic) bond motifs is 9. The number of allylic oxidation sites excluding steroid dienone is 1. The first kappa shape index (κ1) is 24.6. The van der Waals surface area contributed by atoms with Gasteiger partial charge in [-0.25, -0.2) is 0 Å². The van der Waals surface area contributed by atoms with E-state index in [0.717, 1.165) is 29.9 Å². The smallest absolute Gasteiger partial charge is 0.138 e. The van der Waals surface area contributed by atoms with E-state index in [2.05, 4.69) is 155 Å². The molecule has 0 amide bonds. The third-order valence-corrected chi connectivity index (χ3v) is 9.62. The second-order valence-corrected chi connectivity index (χ2v) is 12.0. The lowest BCUT2D eigenvalue weighted by Gasteiger charge is -2.18. The Morgan fingerprint density at radius 1 is 0.489 bits per heavy atom. The second kappa shape index (κ2) is 9.35. The minimum Gasteiger partial charge on any atom is -0.456 e. The van der Waals surface area contributed by atoms with Crippen molar-refractivity contribution < 1.29 is 4.42 Å². The van der Waals surface area contributed by atoms with Crippen molar-refractivity contribution in [3.63, 3.8) is 0 Å². The molecule has 0 atom stereocenters. The van der Waals surface area contributed by atoms with E-state index in [0.29, 0.717) is 0 Å². The quantitative estimate of drug-likeness (QED) is 0.205. The fraction of sp³-hybridized carbons (Fsp3) is 0.0476. The summed E-state index contributed by atoms with van der Waals surface area (Å²) in [5.41, 5.74) is 11.8. The molecule has 1 aliphatic carbocycles. The van der Waals surface area contributed by atoms with Gasteiger partial charge in [-0.1, -0.05) is 97.1 Å². The van der Waals surface area contributed by atoms with Crippen LogP contribution in [-0.2, 0) is 6.42 Å². The summed E-state index contributed by atoms with van der Waals surface area (Å²) in [6.45, 7) is 0. The number of hydrogen-bond donors (Lipinski definition) is 0. The summed E-state index contributed by atoms with van der Waals surface area (Å²) in [6.07, 6.45) is 4.30. The first-order chi connectivity index (χ1) is 22.3. The third kappa shape index (κ3) is 3.46. The Labute approximate surface area is 259 Å². The van der Waals surface area contributed by atoms with Gasteiger partial charge in [-0.3, -0.25) is 0 Å². The van der Waals surface area contributed by atoms with Crippen LogP contribution in [0.2, 0.25) is 0 Å². The van der Waals surface area contributed by atoms with Gasteiger partial charge in [-0.05, 0) is 61.4 Å². The van der Waals surface area contributed by atoms with Crippen LogP contribution in [0.1, 0.15) is 23.3 Å². The Kier molecular flexibility index (Phi) is 5.11. The molecule has 0 fully saturated rings. The van der Waals surface area contributed by atoms with E-state index in [1.165, 1.54) is 71.4 Å². The average Bonchev–Trinajstić information content (AvgIpc) is 3.76. The molecular formula is C42H28N2O. The van der Waals surface area contributed by atoms with E-state index in [4.69, 9.17) is 4.42 Å². The summed E-state index contributed by atoms with van der Waals surface area (Å²) in [4.78, 5) is 0. The van der Waals surface area contributed by atoms with Gasteiger partial charge in [-0.2, -0.15) is 0 Å². The van der Waals surface area contributed by atoms with Crippen LogP contribution in [0.3, 0.4) is 0 Å². The topological polar surface area (TPSA) is 23.0 Å². The van der Waals surface area contributed by atoms with Crippen LogP contribution >= 0.6 is 0 Å². The number of hydrogen-bond acceptors (Lipinski definition) is 1. The third-order valence-electron chi connectivity index (χ3n) is 9.62. The van der Waals surface area contributed by atoms with E-state index in [1.807, 2.05) is 0 Å². The van der Waals surface area contributed by atoms with E-state index in [9.17, 15) is 0 Å². The summed E-state index contributed by atoms with van der Waals surface area (Å²) in [5, 5.41) is 6.28. The second-order valence-electron chi connectivity index (χ2n) is 12.0. The minimum absolute atomic E-state index is 0.937. The zero-order valence-corrected chi connectivity index (χ0v) is 24.6. The van der Waals surface area contributed by atoms with Crippen molar-refractivity contribution in [3.8, 4) is 11.4 Å². The molecule has 45 heavy (non-hydrogen) atoms. The van der Waals surface area contributed by atoms with Crippen molar-refractivity contribution in [2.75, 3.05) is 0 Å². The van der Waals surface area contributed by atoms with E-state index < -0.39 is 0 Å². The predicted octanol–water partition coefficient (Wildman–Crippen LogP) is 11.0. The molecular weight excluding hydrogens is 548 g/mol. The van der Waals surface area contributed by atoms with Crippen LogP contribution in [0.25, 0.3) is 71.5 Å². The van der Waals surface area contributed by atoms with Crippen LogP contribution in [0.5, 0.6) is 0 Å². The lowest BCUT2D eigenvalue weighted by Crippen LogP contribution is -2.03. The SMILES string of the molecule is C1=C(c2ccccc2-n2c3ccccc3c3ccccc32)c2oc3ccc(-n4c5ccccc5c5ccccc54)cc3c2CC1. The average molecular weight is 577 g/mol. The van der Waals surface area contributed by atoms with Gasteiger partial charge in [0, 0.05) is 49.3 Å². The molecule has 0 spiro atoms. The molecule has 6 aromatic carbocycles. The van der Waals surface area contributed by atoms with Crippen molar-refractivity contribution in [3.05, 3.63) is 162 Å². The molecule has 9 aromatic rings. The Bertz CT molecular complexity index is 2550. The number of aryl methyl sites for hydroxylation is 1. The lowest BCUT2D eigenvalue weighted by molar-refractivity contribution is 0.591. The Morgan fingerprint density at radius 3 is 1.64 bits per heavy atom. The van der Waals surface area contributed by atoms with Crippen molar-refractivity contribution in [1.29, 1.82) is 0 Å². The number of furan rings is 1. The fourth-order valence-electron chi connectivity index (χ4n) is 7.71. The zero-order chi connectivity index (χ0) is 29.5. The van der Waals surface area contributed by atoms with E-state index >= 15 is 0 Å². The Balaban J connectivity index is 1.17. The number of para-hydroxylation sites is 5. The normalized spacial score (nSPS) is 13.3. The monoisotopic (exact) mass is 576 g/mol. The highest BCUT2D eigenvalue weighted by atomic mass is 16.3. The van der Waals surface area contributed by atoms with Crippen molar-refractivity contribution >= 4 is 60.2 Å². The molecule has 3 heteroatoms. The molecule has 3 nitrogen and oxygen atoms in total. The van der Waals surface area contributed by atoms with Gasteiger partial charge < -0.3 is 13.6 Å². The molecule has 0 N–H and O–H groups in total. The van der Waals surface area contributed by atoms with Crippen molar-refractivity contribution in [1.82, 2.24) is 9.13 Å². The molecule has 10 rings (SSSR count). The Hall–Kier alpha value is -5.80. The summed E-state index contributed by atoms with van der Waals surface area (Å²) in [7, 11) is 0. The number of aromatic nitrogens is 2. The molecule has 0 aliphatic heterocycles. The van der Waals surface area contributed by atoms with Crippen LogP contribution in [0.4, 0.5) is 0 Å². The van der Waals surface area contributed by atoms with Crippen LogP contribution in [0, 0.1) is 0 Å². The first-order valence-corrected chi connectivity index (χ1v) is 15.7. The fourth-order valence-corrected chi connectivity index (χ4v) is 7.71. The van der Waals surface area contributed by atoms with Crippen LogP contribution in [0.15, 0.2) is 150 Å². The summed E-state index contributed by atoms with van der Waals surface area (Å²) >= 11 is 0. The molecule has 3 heterocycles. The molecule has 0 saturated carbocycles. The molecule has 212 valence electrons. The van der Waals surface area contributed by atoms with Crippen LogP contribution < -0.4 is 0 Å². The summed E-state index contributed by atoms with van der Waals surface area (Å²) in [5.74, 6) is 0.990. The maximum atomic E-state index is 6.77. The summed E-state index contributed by atoms with van der Waals surface area (Å²) < 4.78 is 11.6. The predicted molar refractivity (Wildman–Crippen MR) is 187 cm³/mol. The van der Waals surface area contributed by atoms with Gasteiger partial charge >= 0.3 is 0 Å². The lowest BCUT2D eigenvalue weighted by atomic mass is 9.90. The molecule has 1 aliphatic rings. The largest absolute Gasteiger partial charge is 0.456 e. The Morgan fingerprint density at radius 2 is 1.02 bits per heavy atom. The summed E-state index contributed by atoms with van der Waals surface area (Å²) in [6, 6.07) is 50.3. The zero-order valence-electron chi connectivity index (χ0n) is 24.6. The molecule has 0 bridgehead atoms. The highest BCUT2D eigenvalue weighted by Gasteiger charge is 2.25. The van der Waals surface area contributed by atoms with Gasteiger partial charge in [0.05, 0.1) is 27.8 Å². The molecule has 3 aromatic heterocycles. The highest BCUT2D eigenvalue weighted by Crippen LogP contribution is 2.43. The number of rotatable bonds is 3. The van der Waals surface area contributed by atoms with Gasteiger partial charge in [0.25, 0.3) is 0 Å². The number of nitrogens with zero attached hydrogens (tertiary/aromatic N) is 2. The standard InChI is InChI=1S/C42H28N2O/c1-6-19-36-28(12-1)29-13-2-7-20-37(29)43(36)27-24-25-41-35(26-27)34-18-11-17-33(42(34)45-41)32-16-5-10-23-40(32)44-38-21-8-3-14-30(38)31-15-4-9-22-39(31)44/h1-10,12-17,19-26H,11,18H2. The van der Waals surface area contributed by atoms with Gasteiger partial charge in [0.15, 0.2) is 0 Å². The van der Waals surface area contributed by atoms with Crippen molar-refractivity contribution in [2.45, 2.75) is 12.8 Å². The maximum absolute atomic E-state index is 6.77. The minimum atomic E-state index is 0.937. The van der Waals surface area contributed by atoms with E-state index in [1.54, 1.807) is 0 Å². The molecule has 0 saturated heterocycles. The molecule has 0 unspecified atom stereocenters. The first-order valence-electron chi connectivity index (χ1n) is 15.7. The van der Waals surface area contributed by atoms with Gasteiger partial charge in [0.2, 0.25) is 0 Å².